The van der Waals surface area contributed by atoms with Crippen molar-refractivity contribution in [1.29, 1.82) is 0 Å². The van der Waals surface area contributed by atoms with E-state index in [4.69, 9.17) is 5.73 Å². The van der Waals surface area contributed by atoms with Gasteiger partial charge < -0.3 is 16.4 Å². The molecule has 8 heteroatoms. The Morgan fingerprint density at radius 3 is 2.81 bits per heavy atom. The number of aromatic nitrogens is 1. The fourth-order valence-electron chi connectivity index (χ4n) is 2.60. The van der Waals surface area contributed by atoms with Gasteiger partial charge in [0.25, 0.3) is 5.91 Å². The highest BCUT2D eigenvalue weighted by Gasteiger charge is 2.25. The number of nitrogens with one attached hydrogen (secondary N) is 2. The van der Waals surface area contributed by atoms with Gasteiger partial charge in [0.15, 0.2) is 0 Å². The topological polar surface area (TPSA) is 97.1 Å². The second-order valence-electron chi connectivity index (χ2n) is 6.17. The van der Waals surface area contributed by atoms with Crippen LogP contribution in [0, 0.1) is 5.92 Å². The molecule has 1 aromatic heterocycles. The molecule has 2 aromatic rings. The Morgan fingerprint density at radius 2 is 2.12 bits per heavy atom. The van der Waals surface area contributed by atoms with Crippen LogP contribution in [-0.4, -0.2) is 23.3 Å². The summed E-state index contributed by atoms with van der Waals surface area (Å²) in [7, 11) is 0. The van der Waals surface area contributed by atoms with Crippen LogP contribution in [0.15, 0.2) is 29.6 Å². The molecule has 1 aliphatic carbocycles. The van der Waals surface area contributed by atoms with Gasteiger partial charge >= 0.3 is 0 Å². The molecule has 0 unspecified atom stereocenters. The summed E-state index contributed by atoms with van der Waals surface area (Å²) < 4.78 is 0. The fraction of sp³-hybridized carbons (Fsp3) is 0.389. The first-order valence-corrected chi connectivity index (χ1v) is 9.36. The first-order valence-electron chi connectivity index (χ1n) is 8.48. The number of anilines is 1. The van der Waals surface area contributed by atoms with Crippen molar-refractivity contribution in [2.45, 2.75) is 32.2 Å². The number of hydrogen-bond donors (Lipinski definition) is 3. The van der Waals surface area contributed by atoms with Gasteiger partial charge in [-0.3, -0.25) is 9.59 Å². The summed E-state index contributed by atoms with van der Waals surface area (Å²) in [6.07, 6.45) is 3.76. The molecule has 26 heavy (non-hydrogen) atoms. The van der Waals surface area contributed by atoms with Crippen LogP contribution in [0.2, 0.25) is 0 Å². The standard InChI is InChI=1S/C18H22N4O2S.ClH/c19-8-7-16-22-15(11-25-16)18(24)20-10-12-3-1-6-14(9-12)21-17(23)13-4-2-5-13;/h1,3,6,9,11,13H,2,4-5,7-8,10,19H2,(H,20,24)(H,21,23);1H. The van der Waals surface area contributed by atoms with Gasteiger partial charge in [-0.1, -0.05) is 18.6 Å². The number of benzene rings is 1. The molecule has 3 rings (SSSR count). The zero-order chi connectivity index (χ0) is 17.6. The summed E-state index contributed by atoms with van der Waals surface area (Å²) in [6, 6.07) is 7.54. The summed E-state index contributed by atoms with van der Waals surface area (Å²) in [5, 5.41) is 8.42. The molecule has 1 aliphatic rings. The number of carbonyl (C=O) groups is 2. The molecule has 0 bridgehead atoms. The summed E-state index contributed by atoms with van der Waals surface area (Å²) in [5.41, 5.74) is 7.61. The Hall–Kier alpha value is -1.96. The van der Waals surface area contributed by atoms with Gasteiger partial charge in [-0.25, -0.2) is 4.98 Å². The van der Waals surface area contributed by atoms with Crippen molar-refractivity contribution in [2.24, 2.45) is 11.7 Å². The molecule has 0 atom stereocenters. The second kappa shape index (κ2) is 9.66. The van der Waals surface area contributed by atoms with E-state index >= 15 is 0 Å². The van der Waals surface area contributed by atoms with Crippen LogP contribution in [-0.2, 0) is 17.8 Å². The van der Waals surface area contributed by atoms with Crippen LogP contribution in [0.1, 0.15) is 40.3 Å². The van der Waals surface area contributed by atoms with E-state index in [9.17, 15) is 9.59 Å². The van der Waals surface area contributed by atoms with Crippen LogP contribution in [0.3, 0.4) is 0 Å². The molecule has 0 aliphatic heterocycles. The molecule has 140 valence electrons. The minimum absolute atomic E-state index is 0. The quantitative estimate of drug-likeness (QED) is 0.672. The average Bonchev–Trinajstić information content (AvgIpc) is 3.00. The molecular weight excluding hydrogens is 372 g/mol. The number of nitrogens with two attached hydrogens (primary N) is 1. The second-order valence-corrected chi connectivity index (χ2v) is 7.11. The summed E-state index contributed by atoms with van der Waals surface area (Å²) in [4.78, 5) is 28.5. The highest BCUT2D eigenvalue weighted by atomic mass is 35.5. The van der Waals surface area contributed by atoms with Crippen molar-refractivity contribution in [1.82, 2.24) is 10.3 Å². The van der Waals surface area contributed by atoms with Crippen molar-refractivity contribution >= 4 is 41.2 Å². The Morgan fingerprint density at radius 1 is 1.31 bits per heavy atom. The largest absolute Gasteiger partial charge is 0.347 e. The molecule has 1 saturated carbocycles. The number of nitrogens with zero attached hydrogens (tertiary/aromatic N) is 1. The van der Waals surface area contributed by atoms with Gasteiger partial charge in [-0.2, -0.15) is 0 Å². The van der Waals surface area contributed by atoms with E-state index in [1.54, 1.807) is 5.38 Å². The predicted molar refractivity (Wildman–Crippen MR) is 106 cm³/mol. The molecule has 4 N–H and O–H groups in total. The maximum absolute atomic E-state index is 12.2. The van der Waals surface area contributed by atoms with Crippen LogP contribution in [0.25, 0.3) is 0 Å². The Balaban J connectivity index is 0.00000243. The van der Waals surface area contributed by atoms with Crippen molar-refractivity contribution < 1.29 is 9.59 Å². The lowest BCUT2D eigenvalue weighted by atomic mass is 9.85. The maximum Gasteiger partial charge on any atom is 0.271 e. The average molecular weight is 395 g/mol. The minimum Gasteiger partial charge on any atom is -0.347 e. The van der Waals surface area contributed by atoms with Crippen molar-refractivity contribution in [2.75, 3.05) is 11.9 Å². The third-order valence-corrected chi connectivity index (χ3v) is 5.17. The Labute approximate surface area is 163 Å². The number of hydrogen-bond acceptors (Lipinski definition) is 5. The van der Waals surface area contributed by atoms with Gasteiger partial charge in [-0.05, 0) is 37.1 Å². The molecule has 6 nitrogen and oxygen atoms in total. The van der Waals surface area contributed by atoms with Gasteiger partial charge in [0.2, 0.25) is 5.91 Å². The zero-order valence-corrected chi connectivity index (χ0v) is 16.0. The van der Waals surface area contributed by atoms with Crippen molar-refractivity contribution in [3.63, 3.8) is 0 Å². The molecule has 1 aromatic carbocycles. The smallest absolute Gasteiger partial charge is 0.271 e. The highest BCUT2D eigenvalue weighted by Crippen LogP contribution is 2.27. The Bertz CT molecular complexity index is 761. The molecule has 0 radical (unpaired) electrons. The van der Waals surface area contributed by atoms with Crippen LogP contribution >= 0.6 is 23.7 Å². The normalized spacial score (nSPS) is 13.4. The SMILES string of the molecule is Cl.NCCc1nc(C(=O)NCc2cccc(NC(=O)C3CCC3)c2)cs1. The monoisotopic (exact) mass is 394 g/mol. The molecule has 1 fully saturated rings. The highest BCUT2D eigenvalue weighted by molar-refractivity contribution is 7.09. The number of carbonyl (C=O) groups excluding carboxylic acids is 2. The van der Waals surface area contributed by atoms with E-state index in [1.807, 2.05) is 24.3 Å². The van der Waals surface area contributed by atoms with Crippen LogP contribution in [0.4, 0.5) is 5.69 Å². The summed E-state index contributed by atoms with van der Waals surface area (Å²) in [6.45, 7) is 0.906. The first kappa shape index (κ1) is 20.4. The Kier molecular flexibility index (Phi) is 7.56. The molecule has 2 amide bonds. The zero-order valence-electron chi connectivity index (χ0n) is 14.4. The van der Waals surface area contributed by atoms with E-state index in [0.717, 1.165) is 35.5 Å². The lowest BCUT2D eigenvalue weighted by Crippen LogP contribution is -2.28. The van der Waals surface area contributed by atoms with Gasteiger partial charge in [-0.15, -0.1) is 23.7 Å². The summed E-state index contributed by atoms with van der Waals surface area (Å²) in [5.74, 6) is 0.0292. The van der Waals surface area contributed by atoms with Crippen molar-refractivity contribution in [3.05, 3.63) is 45.9 Å². The lowest BCUT2D eigenvalue weighted by Gasteiger charge is -2.24. The van der Waals surface area contributed by atoms with E-state index in [-0.39, 0.29) is 30.1 Å². The third-order valence-electron chi connectivity index (χ3n) is 4.27. The number of amides is 2. The van der Waals surface area contributed by atoms with E-state index < -0.39 is 0 Å². The van der Waals surface area contributed by atoms with E-state index in [2.05, 4.69) is 15.6 Å². The van der Waals surface area contributed by atoms with Gasteiger partial charge in [0.05, 0.1) is 5.01 Å². The van der Waals surface area contributed by atoms with Gasteiger partial charge in [0, 0.05) is 30.0 Å². The maximum atomic E-state index is 12.2. The van der Waals surface area contributed by atoms with Gasteiger partial charge in [0.1, 0.15) is 5.69 Å². The number of thiazole rings is 1. The first-order chi connectivity index (χ1) is 12.2. The van der Waals surface area contributed by atoms with Crippen molar-refractivity contribution in [3.8, 4) is 0 Å². The van der Waals surface area contributed by atoms with E-state index in [1.165, 1.54) is 11.3 Å². The fourth-order valence-corrected chi connectivity index (χ4v) is 3.39. The van der Waals surface area contributed by atoms with E-state index in [0.29, 0.717) is 25.2 Å². The molecular formula is C18H23ClN4O2S. The number of halogens is 1. The predicted octanol–water partition coefficient (Wildman–Crippen LogP) is 2.73. The van der Waals surface area contributed by atoms with Crippen LogP contribution < -0.4 is 16.4 Å². The molecule has 1 heterocycles. The number of rotatable bonds is 7. The van der Waals surface area contributed by atoms with Crippen LogP contribution in [0.5, 0.6) is 0 Å². The minimum atomic E-state index is -0.205. The molecule has 0 spiro atoms. The summed E-state index contributed by atoms with van der Waals surface area (Å²) >= 11 is 1.44. The third kappa shape index (κ3) is 5.27. The molecule has 0 saturated heterocycles. The lowest BCUT2D eigenvalue weighted by molar-refractivity contribution is -0.122.